The van der Waals surface area contributed by atoms with Crippen LogP contribution in [-0.4, -0.2) is 174 Å². The van der Waals surface area contributed by atoms with Gasteiger partial charge in [-0.15, -0.1) is 20.4 Å². The predicted octanol–water partition coefficient (Wildman–Crippen LogP) is 7.39. The molecule has 0 bridgehead atoms. The predicted molar refractivity (Wildman–Crippen MR) is 370 cm³/mol. The second kappa shape index (κ2) is 31.5. The van der Waals surface area contributed by atoms with Crippen LogP contribution in [0, 0.1) is 38.2 Å². The Kier molecular flexibility index (Phi) is 23.5. The van der Waals surface area contributed by atoms with E-state index in [1.165, 1.54) is 108 Å². The molecular weight excluding hydrogens is 1450 g/mol. The van der Waals surface area contributed by atoms with E-state index < -0.39 is 81.5 Å². The molecule has 0 saturated carbocycles. The van der Waals surface area contributed by atoms with Gasteiger partial charge in [0.15, 0.2) is 5.03 Å². The summed E-state index contributed by atoms with van der Waals surface area (Å²) < 4.78 is 130. The fraction of sp³-hybridized carbons (Fsp3) is 0.364. The lowest BCUT2D eigenvalue weighted by molar-refractivity contribution is 0.0924. The van der Waals surface area contributed by atoms with Crippen LogP contribution < -0.4 is 16.0 Å². The zero-order chi connectivity index (χ0) is 73.5. The molecule has 102 heavy (non-hydrogen) atoms. The molecule has 3 aliphatic rings. The Balaban J connectivity index is 0.000000165. The summed E-state index contributed by atoms with van der Waals surface area (Å²) >= 11 is 18.7. The van der Waals surface area contributed by atoms with Crippen LogP contribution in [0.2, 0.25) is 15.1 Å². The highest BCUT2D eigenvalue weighted by atomic mass is 35.5. The van der Waals surface area contributed by atoms with Gasteiger partial charge < -0.3 is 20.5 Å². The van der Waals surface area contributed by atoms with Gasteiger partial charge in [0.1, 0.15) is 30.1 Å². The number of rotatable bonds is 18. The molecule has 3 saturated heterocycles. The average molecular weight is 1520 g/mol. The van der Waals surface area contributed by atoms with Gasteiger partial charge in [0, 0.05) is 115 Å². The number of sulfonamides is 3. The first-order valence-corrected chi connectivity index (χ1v) is 37.4. The summed E-state index contributed by atoms with van der Waals surface area (Å²) in [5.41, 5.74) is 1.59. The number of amides is 3. The third-order valence-corrected chi connectivity index (χ3v) is 24.8. The van der Waals surface area contributed by atoms with E-state index in [1.807, 2.05) is 20.8 Å². The van der Waals surface area contributed by atoms with Gasteiger partial charge in [-0.2, -0.15) is 12.9 Å². The molecule has 0 spiro atoms. The average Bonchev–Trinajstić information content (AvgIpc) is 0.792. The fourth-order valence-corrected chi connectivity index (χ4v) is 17.8. The van der Waals surface area contributed by atoms with Crippen LogP contribution in [0.15, 0.2) is 144 Å². The van der Waals surface area contributed by atoms with Gasteiger partial charge in [-0.3, -0.25) is 34.0 Å². The van der Waals surface area contributed by atoms with Crippen LogP contribution in [0.25, 0.3) is 0 Å². The van der Waals surface area contributed by atoms with Crippen molar-refractivity contribution >= 4 is 82.6 Å². The zero-order valence-corrected chi connectivity index (χ0v) is 60.8. The van der Waals surface area contributed by atoms with Crippen molar-refractivity contribution in [3.63, 3.8) is 0 Å². The number of pyridine rings is 3. The van der Waals surface area contributed by atoms with E-state index in [4.69, 9.17) is 34.8 Å². The van der Waals surface area contributed by atoms with E-state index in [1.54, 1.807) is 68.7 Å². The number of hydrogen-bond donors (Lipinski definition) is 3. The minimum absolute atomic E-state index is 0.0219. The van der Waals surface area contributed by atoms with Gasteiger partial charge in [0.2, 0.25) is 0 Å². The molecule has 0 atom stereocenters. The Hall–Kier alpha value is -8.67. The highest BCUT2D eigenvalue weighted by Gasteiger charge is 2.47. The van der Waals surface area contributed by atoms with Crippen LogP contribution in [-0.2, 0) is 67.5 Å². The summed E-state index contributed by atoms with van der Waals surface area (Å²) in [4.78, 5) is 55.2. The number of carbonyl (C=O) groups excluding carboxylic acids is 3. The summed E-state index contributed by atoms with van der Waals surface area (Å²) in [6, 6.07) is 23.7. The summed E-state index contributed by atoms with van der Waals surface area (Å²) in [5.74, 6) is -2.69. The molecule has 3 fully saturated rings. The number of aryl methyl sites for hydroxylation is 6. The van der Waals surface area contributed by atoms with Crippen molar-refractivity contribution in [1.29, 1.82) is 0 Å². The first kappa shape index (κ1) is 76.0. The van der Waals surface area contributed by atoms with Crippen molar-refractivity contribution in [2.75, 3.05) is 58.9 Å². The molecular formula is C66H72Cl3F3N18O9S3. The number of nitrogens with one attached hydrogen (secondary N) is 3. The first-order chi connectivity index (χ1) is 48.4. The molecule has 0 aliphatic carbocycles. The van der Waals surface area contributed by atoms with Gasteiger partial charge in [-0.1, -0.05) is 58.2 Å². The number of halogens is 6. The summed E-state index contributed by atoms with van der Waals surface area (Å²) in [5, 5.41) is 27.7. The van der Waals surface area contributed by atoms with Gasteiger partial charge >= 0.3 is 0 Å². The second-order valence-electron chi connectivity index (χ2n) is 25.2. The standard InChI is InChI=1S/3C22H24ClFN6O3S/c1-15-5-6-16(17(23)12-15)20(31)26-13-22(19-18(24)4-3-9-25-19)7-10-30(11-8-22)34(32,33)21-28-27-14-29(21)2;1-15-5-6-16(17(23)12-15)20(31)26-13-22(19-18(24)4-3-9-25-19)7-10-30(11-8-22)34(32,33)21-27-14-29(2)28-21;1-15-5-6-16(17(23)12-15)21(31)26-14-22(20-18(24)4-3-9-25-20)7-10-30(11-8-22)34(32,33)19-13-27-28-29(19)2/h2*3-6,9,12,14H,7-8,10-11,13H2,1-2H3,(H,26,31);3-6,9,12-13H,7-8,10-11,14H2,1-2H3,(H,26,31). The number of benzene rings is 3. The van der Waals surface area contributed by atoms with Crippen molar-refractivity contribution in [3.8, 4) is 0 Å². The number of hydrogen-bond acceptors (Lipinski definition) is 18. The molecule has 36 heteroatoms. The van der Waals surface area contributed by atoms with Crippen LogP contribution in [0.1, 0.15) is 103 Å². The first-order valence-electron chi connectivity index (χ1n) is 31.9. The number of nitrogens with zero attached hydrogens (tertiary/aromatic N) is 15. The van der Waals surface area contributed by atoms with Gasteiger partial charge in [-0.05, 0) is 149 Å². The molecule has 3 amide bonds. The highest BCUT2D eigenvalue weighted by molar-refractivity contribution is 7.89. The van der Waals surface area contributed by atoms with Crippen molar-refractivity contribution in [2.24, 2.45) is 21.1 Å². The van der Waals surface area contributed by atoms with Gasteiger partial charge in [-0.25, -0.2) is 48.1 Å². The van der Waals surface area contributed by atoms with Gasteiger partial charge in [0.25, 0.3) is 58.1 Å². The number of aromatic nitrogens is 12. The fourth-order valence-electron chi connectivity index (χ4n) is 12.6. The van der Waals surface area contributed by atoms with Crippen LogP contribution in [0.4, 0.5) is 13.2 Å². The molecule has 3 aliphatic heterocycles. The minimum atomic E-state index is -3.90. The summed E-state index contributed by atoms with van der Waals surface area (Å²) in [7, 11) is -6.95. The Morgan fingerprint density at radius 1 is 0.490 bits per heavy atom. The maximum Gasteiger partial charge on any atom is 0.282 e. The third-order valence-electron chi connectivity index (χ3n) is 18.4. The van der Waals surface area contributed by atoms with E-state index in [0.717, 1.165) is 16.7 Å². The molecule has 6 aromatic heterocycles. The minimum Gasteiger partial charge on any atom is -0.351 e. The Morgan fingerprint density at radius 3 is 1.16 bits per heavy atom. The molecule has 0 radical (unpaired) electrons. The van der Waals surface area contributed by atoms with E-state index >= 15 is 0 Å². The Bertz CT molecular complexity index is 4730. The molecule has 3 N–H and O–H groups in total. The lowest BCUT2D eigenvalue weighted by Crippen LogP contribution is -2.51. The molecule has 0 unspecified atom stereocenters. The Labute approximate surface area is 602 Å². The van der Waals surface area contributed by atoms with E-state index in [2.05, 4.69) is 61.5 Å². The van der Waals surface area contributed by atoms with E-state index in [9.17, 15) is 52.8 Å². The molecule has 12 rings (SSSR count). The van der Waals surface area contributed by atoms with Gasteiger partial charge in [0.05, 0.1) is 55.0 Å². The normalized spacial score (nSPS) is 16.4. The maximum absolute atomic E-state index is 14.8. The van der Waals surface area contributed by atoms with Crippen molar-refractivity contribution in [2.45, 2.75) is 90.9 Å². The SMILES string of the molecule is Cc1ccc(C(=O)NCC2(c3ncccc3F)CCN(S(=O)(=O)c3cnnn3C)CC2)c(Cl)c1.Cc1ccc(C(=O)NCC2(c3ncccc3F)CCN(S(=O)(=O)c3ncn(C)n3)CC2)c(Cl)c1.Cc1ccc(C(=O)NCC2(c3ncccc3F)CCN(S(=O)(=O)c3nncn3C)CC2)c(Cl)c1. The van der Waals surface area contributed by atoms with Crippen LogP contribution in [0.3, 0.4) is 0 Å². The van der Waals surface area contributed by atoms with Crippen LogP contribution in [0.5, 0.6) is 0 Å². The monoisotopic (exact) mass is 1520 g/mol. The smallest absolute Gasteiger partial charge is 0.282 e. The molecule has 540 valence electrons. The molecule has 27 nitrogen and oxygen atoms in total. The molecule has 9 heterocycles. The van der Waals surface area contributed by atoms with Crippen molar-refractivity contribution < 1.29 is 52.8 Å². The van der Waals surface area contributed by atoms with Crippen molar-refractivity contribution in [1.82, 2.24) is 88.3 Å². The topological polar surface area (TPSA) is 330 Å². The summed E-state index contributed by atoms with van der Waals surface area (Å²) in [6.45, 7) is 6.45. The Morgan fingerprint density at radius 2 is 0.853 bits per heavy atom. The maximum atomic E-state index is 14.8. The lowest BCUT2D eigenvalue weighted by atomic mass is 9.75. The largest absolute Gasteiger partial charge is 0.351 e. The second-order valence-corrected chi connectivity index (χ2v) is 31.9. The number of carbonyl (C=O) groups is 3. The van der Waals surface area contributed by atoms with Crippen molar-refractivity contribution in [3.05, 3.63) is 211 Å². The third kappa shape index (κ3) is 16.5. The lowest BCUT2D eigenvalue weighted by Gasteiger charge is -2.41. The highest BCUT2D eigenvalue weighted by Crippen LogP contribution is 2.41. The zero-order valence-electron chi connectivity index (χ0n) is 56.1. The van der Waals surface area contributed by atoms with E-state index in [-0.39, 0.29) is 130 Å². The van der Waals surface area contributed by atoms with Crippen LogP contribution >= 0.6 is 34.8 Å². The number of piperidine rings is 3. The quantitative estimate of drug-likeness (QED) is 0.0753. The molecule has 9 aromatic rings. The summed E-state index contributed by atoms with van der Waals surface area (Å²) in [6.07, 6.45) is 9.79. The van der Waals surface area contributed by atoms with E-state index in [0.29, 0.717) is 31.8 Å². The molecule has 3 aromatic carbocycles.